The molecule has 36 heavy (non-hydrogen) atoms. The van der Waals surface area contributed by atoms with Crippen LogP contribution in [0.25, 0.3) is 0 Å². The van der Waals surface area contributed by atoms with Crippen LogP contribution >= 0.6 is 11.5 Å². The van der Waals surface area contributed by atoms with Crippen LogP contribution in [0.2, 0.25) is 0 Å². The summed E-state index contributed by atoms with van der Waals surface area (Å²) in [7, 11) is 1.25. The van der Waals surface area contributed by atoms with Gasteiger partial charge in [0.1, 0.15) is 11.6 Å². The smallest absolute Gasteiger partial charge is 0.346 e. The van der Waals surface area contributed by atoms with E-state index >= 15 is 0 Å². The van der Waals surface area contributed by atoms with Crippen molar-refractivity contribution in [2.24, 2.45) is 0 Å². The molecule has 0 saturated carbocycles. The van der Waals surface area contributed by atoms with E-state index in [2.05, 4.69) is 25.2 Å². The van der Waals surface area contributed by atoms with Crippen molar-refractivity contribution in [2.75, 3.05) is 38.6 Å². The van der Waals surface area contributed by atoms with Crippen molar-refractivity contribution in [3.63, 3.8) is 0 Å². The molecule has 2 aromatic rings. The van der Waals surface area contributed by atoms with Crippen molar-refractivity contribution < 1.29 is 23.9 Å². The molecule has 0 bridgehead atoms. The van der Waals surface area contributed by atoms with Gasteiger partial charge in [-0.2, -0.15) is 4.37 Å². The minimum absolute atomic E-state index is 0.0214. The highest BCUT2D eigenvalue weighted by Crippen LogP contribution is 2.32. The Morgan fingerprint density at radius 2 is 1.94 bits per heavy atom. The lowest BCUT2D eigenvalue weighted by atomic mass is 10.1. The SMILES string of the molecule is COC(=O)c1c(OCc2cccc(C(=O)NC(C)C)c2)nsc1NC(=O)NCCCCN1CCCC1. The number of hydrogen-bond acceptors (Lipinski definition) is 8. The molecule has 1 saturated heterocycles. The number of carbonyl (C=O) groups excluding carboxylic acids is 3. The molecule has 0 unspecified atom stereocenters. The zero-order chi connectivity index (χ0) is 25.9. The van der Waals surface area contributed by atoms with Gasteiger partial charge in [0.05, 0.1) is 7.11 Å². The first kappa shape index (κ1) is 27.4. The Bertz CT molecular complexity index is 1040. The van der Waals surface area contributed by atoms with Gasteiger partial charge in [0.25, 0.3) is 5.91 Å². The van der Waals surface area contributed by atoms with Crippen molar-refractivity contribution >= 4 is 34.4 Å². The summed E-state index contributed by atoms with van der Waals surface area (Å²) in [4.78, 5) is 39.5. The van der Waals surface area contributed by atoms with E-state index in [1.54, 1.807) is 18.2 Å². The lowest BCUT2D eigenvalue weighted by Gasteiger charge is -2.14. The summed E-state index contributed by atoms with van der Waals surface area (Å²) in [6, 6.07) is 6.62. The van der Waals surface area contributed by atoms with Crippen LogP contribution in [0.5, 0.6) is 5.88 Å². The number of methoxy groups -OCH3 is 1. The number of nitrogens with one attached hydrogen (secondary N) is 3. The highest BCUT2D eigenvalue weighted by Gasteiger charge is 2.25. The number of unbranched alkanes of at least 4 members (excludes halogenated alkanes) is 1. The maximum atomic E-state index is 12.4. The van der Waals surface area contributed by atoms with Gasteiger partial charge in [0.2, 0.25) is 5.88 Å². The number of anilines is 1. The Hall–Kier alpha value is -3.18. The predicted molar refractivity (Wildman–Crippen MR) is 139 cm³/mol. The fraction of sp³-hybridized carbons (Fsp3) is 0.520. The average Bonchev–Trinajstić information content (AvgIpc) is 3.52. The molecule has 2 heterocycles. The van der Waals surface area contributed by atoms with Crippen molar-refractivity contribution in [3.8, 4) is 5.88 Å². The summed E-state index contributed by atoms with van der Waals surface area (Å²) in [6.45, 7) is 7.79. The Kier molecular flexibility index (Phi) is 10.5. The maximum Gasteiger partial charge on any atom is 0.346 e. The van der Waals surface area contributed by atoms with Crippen LogP contribution in [0.1, 0.15) is 65.8 Å². The molecule has 3 amide bonds. The minimum Gasteiger partial charge on any atom is -0.472 e. The Balaban J connectivity index is 1.54. The number of ether oxygens (including phenoxy) is 2. The maximum absolute atomic E-state index is 12.4. The monoisotopic (exact) mass is 517 g/mol. The van der Waals surface area contributed by atoms with E-state index in [-0.39, 0.29) is 35.0 Å². The Morgan fingerprint density at radius 1 is 1.17 bits per heavy atom. The van der Waals surface area contributed by atoms with E-state index in [0.717, 1.165) is 36.5 Å². The van der Waals surface area contributed by atoms with Gasteiger partial charge in [-0.15, -0.1) is 0 Å². The third-order valence-corrected chi connectivity index (χ3v) is 6.39. The number of rotatable bonds is 12. The van der Waals surface area contributed by atoms with Crippen LogP contribution in [0.3, 0.4) is 0 Å². The third kappa shape index (κ3) is 8.20. The molecule has 1 fully saturated rings. The lowest BCUT2D eigenvalue weighted by Crippen LogP contribution is -2.30. The third-order valence-electron chi connectivity index (χ3n) is 5.65. The number of esters is 1. The number of urea groups is 1. The van der Waals surface area contributed by atoms with Crippen LogP contribution in [-0.4, -0.2) is 66.5 Å². The topological polar surface area (TPSA) is 122 Å². The molecule has 1 aliphatic heterocycles. The molecule has 1 aromatic carbocycles. The number of aromatic nitrogens is 1. The fourth-order valence-electron chi connectivity index (χ4n) is 3.86. The summed E-state index contributed by atoms with van der Waals surface area (Å²) in [6.07, 6.45) is 4.43. The molecule has 0 atom stereocenters. The molecule has 196 valence electrons. The standard InChI is InChI=1S/C25H35N5O5S/c1-17(2)27-21(31)19-10-8-9-18(15-19)16-35-22-20(24(32)34-3)23(36-29-22)28-25(33)26-11-4-5-12-30-13-6-7-14-30/h8-10,15,17H,4-7,11-14,16H2,1-3H3,(H,27,31)(H2,26,28,33). The van der Waals surface area contributed by atoms with Gasteiger partial charge in [0.15, 0.2) is 5.56 Å². The zero-order valence-corrected chi connectivity index (χ0v) is 21.9. The zero-order valence-electron chi connectivity index (χ0n) is 21.1. The van der Waals surface area contributed by atoms with Gasteiger partial charge >= 0.3 is 12.0 Å². The molecule has 1 aliphatic rings. The predicted octanol–water partition coefficient (Wildman–Crippen LogP) is 3.64. The number of nitrogens with zero attached hydrogens (tertiary/aromatic N) is 2. The molecule has 3 rings (SSSR count). The summed E-state index contributed by atoms with van der Waals surface area (Å²) in [5, 5.41) is 8.59. The van der Waals surface area contributed by atoms with E-state index in [1.165, 1.54) is 33.0 Å². The van der Waals surface area contributed by atoms with Gasteiger partial charge in [-0.25, -0.2) is 9.59 Å². The first-order chi connectivity index (χ1) is 17.4. The second-order valence-electron chi connectivity index (χ2n) is 8.94. The van der Waals surface area contributed by atoms with Crippen molar-refractivity contribution in [1.82, 2.24) is 19.9 Å². The van der Waals surface area contributed by atoms with Gasteiger partial charge < -0.3 is 25.0 Å². The van der Waals surface area contributed by atoms with Crippen LogP contribution in [0.4, 0.5) is 9.80 Å². The van der Waals surface area contributed by atoms with Crippen LogP contribution in [0, 0.1) is 0 Å². The highest BCUT2D eigenvalue weighted by molar-refractivity contribution is 7.11. The second kappa shape index (κ2) is 13.8. The molecule has 10 nitrogen and oxygen atoms in total. The van der Waals surface area contributed by atoms with E-state index in [1.807, 2.05) is 19.9 Å². The van der Waals surface area contributed by atoms with Crippen molar-refractivity contribution in [1.29, 1.82) is 0 Å². The lowest BCUT2D eigenvalue weighted by molar-refractivity contribution is 0.0596. The van der Waals surface area contributed by atoms with E-state index in [9.17, 15) is 14.4 Å². The summed E-state index contributed by atoms with van der Waals surface area (Å²) < 4.78 is 14.8. The van der Waals surface area contributed by atoms with Gasteiger partial charge in [-0.05, 0) is 88.4 Å². The molecule has 3 N–H and O–H groups in total. The summed E-state index contributed by atoms with van der Waals surface area (Å²) >= 11 is 0.940. The number of benzene rings is 1. The first-order valence-electron chi connectivity index (χ1n) is 12.2. The summed E-state index contributed by atoms with van der Waals surface area (Å²) in [5.74, 6) is -0.779. The van der Waals surface area contributed by atoms with E-state index in [0.29, 0.717) is 12.1 Å². The van der Waals surface area contributed by atoms with Gasteiger partial charge in [-0.3, -0.25) is 10.1 Å². The normalized spacial score (nSPS) is 13.4. The molecule has 0 aliphatic carbocycles. The summed E-state index contributed by atoms with van der Waals surface area (Å²) in [5.41, 5.74) is 1.30. The fourth-order valence-corrected chi connectivity index (χ4v) is 4.58. The quantitative estimate of drug-likeness (QED) is 0.290. The van der Waals surface area contributed by atoms with Gasteiger partial charge in [0, 0.05) is 18.2 Å². The Labute approximate surface area is 215 Å². The average molecular weight is 518 g/mol. The van der Waals surface area contributed by atoms with Crippen molar-refractivity contribution in [3.05, 3.63) is 41.0 Å². The minimum atomic E-state index is -0.662. The molecule has 0 spiro atoms. The number of hydrogen-bond donors (Lipinski definition) is 3. The molecule has 0 radical (unpaired) electrons. The number of carbonyl (C=O) groups is 3. The molecular formula is C25H35N5O5S. The molecule has 1 aromatic heterocycles. The largest absolute Gasteiger partial charge is 0.472 e. The second-order valence-corrected chi connectivity index (χ2v) is 9.71. The van der Waals surface area contributed by atoms with E-state index < -0.39 is 12.0 Å². The van der Waals surface area contributed by atoms with Crippen molar-refractivity contribution in [2.45, 2.75) is 52.2 Å². The first-order valence-corrected chi connectivity index (χ1v) is 13.0. The number of likely N-dealkylation sites (tertiary alicyclic amines) is 1. The highest BCUT2D eigenvalue weighted by atomic mass is 32.1. The molecule has 11 heteroatoms. The van der Waals surface area contributed by atoms with Gasteiger partial charge in [-0.1, -0.05) is 12.1 Å². The van der Waals surface area contributed by atoms with Crippen LogP contribution in [-0.2, 0) is 11.3 Å². The Morgan fingerprint density at radius 3 is 2.67 bits per heavy atom. The van der Waals surface area contributed by atoms with Crippen LogP contribution < -0.4 is 20.7 Å². The van der Waals surface area contributed by atoms with Crippen LogP contribution in [0.15, 0.2) is 24.3 Å². The number of amides is 3. The molecular weight excluding hydrogens is 482 g/mol. The van der Waals surface area contributed by atoms with E-state index in [4.69, 9.17) is 9.47 Å².